The summed E-state index contributed by atoms with van der Waals surface area (Å²) in [6.45, 7) is 4.25. The smallest absolute Gasteiger partial charge is 0.0337 e. The number of rotatable bonds is 6. The van der Waals surface area contributed by atoms with Gasteiger partial charge >= 0.3 is 0 Å². The summed E-state index contributed by atoms with van der Waals surface area (Å²) >= 11 is 0. The van der Waals surface area contributed by atoms with Crippen LogP contribution in [0.4, 0.5) is 0 Å². The maximum Gasteiger partial charge on any atom is 0.0337 e. The fourth-order valence-corrected chi connectivity index (χ4v) is 4.02. The molecule has 0 amide bonds. The summed E-state index contributed by atoms with van der Waals surface area (Å²) < 4.78 is 0. The third kappa shape index (κ3) is 3.88. The monoisotopic (exact) mass is 322 g/mol. The SMILES string of the molecule is NCC(CCN1CCCCCC1)(c1ccccc1)c1ccccc1. The molecule has 0 aromatic heterocycles. The molecule has 1 heterocycles. The fraction of sp³-hybridized carbons (Fsp3) is 0.455. The zero-order chi connectivity index (χ0) is 16.7. The van der Waals surface area contributed by atoms with Crippen LogP contribution in [0.25, 0.3) is 0 Å². The van der Waals surface area contributed by atoms with Crippen LogP contribution in [0.5, 0.6) is 0 Å². The predicted molar refractivity (Wildman–Crippen MR) is 102 cm³/mol. The molecule has 2 heteroatoms. The number of likely N-dealkylation sites (tertiary alicyclic amines) is 1. The van der Waals surface area contributed by atoms with Crippen molar-refractivity contribution in [3.8, 4) is 0 Å². The Bertz CT molecular complexity index is 546. The van der Waals surface area contributed by atoms with E-state index in [0.29, 0.717) is 6.54 Å². The van der Waals surface area contributed by atoms with Gasteiger partial charge in [0, 0.05) is 12.0 Å². The van der Waals surface area contributed by atoms with E-state index in [-0.39, 0.29) is 5.41 Å². The molecule has 0 radical (unpaired) electrons. The maximum absolute atomic E-state index is 6.40. The number of nitrogens with two attached hydrogens (primary N) is 1. The van der Waals surface area contributed by atoms with Crippen LogP contribution in [0.2, 0.25) is 0 Å². The molecule has 24 heavy (non-hydrogen) atoms. The summed E-state index contributed by atoms with van der Waals surface area (Å²) in [6, 6.07) is 21.7. The van der Waals surface area contributed by atoms with Crippen molar-refractivity contribution in [3.63, 3.8) is 0 Å². The number of hydrogen-bond donors (Lipinski definition) is 1. The Hall–Kier alpha value is -1.64. The number of hydrogen-bond acceptors (Lipinski definition) is 2. The largest absolute Gasteiger partial charge is 0.329 e. The average Bonchev–Trinajstić information content (AvgIpc) is 2.93. The highest BCUT2D eigenvalue weighted by Crippen LogP contribution is 2.35. The van der Waals surface area contributed by atoms with Gasteiger partial charge in [0.2, 0.25) is 0 Å². The molecule has 0 spiro atoms. The van der Waals surface area contributed by atoms with Crippen molar-refractivity contribution in [1.82, 2.24) is 4.90 Å². The molecule has 1 fully saturated rings. The Morgan fingerprint density at radius 2 is 1.25 bits per heavy atom. The third-order valence-corrected chi connectivity index (χ3v) is 5.55. The fourth-order valence-electron chi connectivity index (χ4n) is 4.02. The first-order chi connectivity index (χ1) is 11.8. The van der Waals surface area contributed by atoms with Crippen LogP contribution in [0, 0.1) is 0 Å². The Balaban J connectivity index is 1.87. The lowest BCUT2D eigenvalue weighted by Gasteiger charge is -2.36. The third-order valence-electron chi connectivity index (χ3n) is 5.55. The molecule has 0 aliphatic carbocycles. The predicted octanol–water partition coefficient (Wildman–Crippen LogP) is 4.20. The van der Waals surface area contributed by atoms with Crippen molar-refractivity contribution in [2.24, 2.45) is 5.73 Å². The van der Waals surface area contributed by atoms with Crippen molar-refractivity contribution in [2.75, 3.05) is 26.2 Å². The number of nitrogens with zero attached hydrogens (tertiary/aromatic N) is 1. The topological polar surface area (TPSA) is 29.3 Å². The van der Waals surface area contributed by atoms with E-state index in [1.165, 1.54) is 49.9 Å². The second kappa shape index (κ2) is 8.46. The molecule has 2 aromatic carbocycles. The molecule has 1 saturated heterocycles. The first-order valence-corrected chi connectivity index (χ1v) is 9.39. The van der Waals surface area contributed by atoms with Crippen molar-refractivity contribution < 1.29 is 0 Å². The van der Waals surface area contributed by atoms with Gasteiger partial charge in [-0.25, -0.2) is 0 Å². The zero-order valence-electron chi connectivity index (χ0n) is 14.7. The summed E-state index contributed by atoms with van der Waals surface area (Å²) in [5.74, 6) is 0. The quantitative estimate of drug-likeness (QED) is 0.864. The minimum Gasteiger partial charge on any atom is -0.329 e. The maximum atomic E-state index is 6.40. The van der Waals surface area contributed by atoms with Crippen molar-refractivity contribution in [3.05, 3.63) is 71.8 Å². The van der Waals surface area contributed by atoms with Gasteiger partial charge in [-0.3, -0.25) is 0 Å². The summed E-state index contributed by atoms with van der Waals surface area (Å²) in [5.41, 5.74) is 8.99. The normalized spacial score (nSPS) is 16.7. The van der Waals surface area contributed by atoms with E-state index in [0.717, 1.165) is 13.0 Å². The van der Waals surface area contributed by atoms with Gasteiger partial charge in [0.15, 0.2) is 0 Å². The standard InChI is InChI=1S/C22H30N2/c23-19-22(20-11-5-3-6-12-20,21-13-7-4-8-14-21)15-18-24-16-9-1-2-10-17-24/h3-8,11-14H,1-2,9-10,15-19,23H2. The van der Waals surface area contributed by atoms with Crippen LogP contribution < -0.4 is 5.73 Å². The highest BCUT2D eigenvalue weighted by molar-refractivity contribution is 5.40. The van der Waals surface area contributed by atoms with Crippen LogP contribution in [-0.4, -0.2) is 31.1 Å². The molecule has 2 nitrogen and oxygen atoms in total. The van der Waals surface area contributed by atoms with E-state index in [1.807, 2.05) is 0 Å². The Morgan fingerprint density at radius 1 is 0.750 bits per heavy atom. The van der Waals surface area contributed by atoms with E-state index in [4.69, 9.17) is 5.73 Å². The van der Waals surface area contributed by atoms with Crippen LogP contribution in [-0.2, 0) is 5.41 Å². The Morgan fingerprint density at radius 3 is 1.71 bits per heavy atom. The summed E-state index contributed by atoms with van der Waals surface area (Å²) in [7, 11) is 0. The lowest BCUT2D eigenvalue weighted by molar-refractivity contribution is 0.258. The molecule has 2 N–H and O–H groups in total. The summed E-state index contributed by atoms with van der Waals surface area (Å²) in [5, 5.41) is 0. The van der Waals surface area contributed by atoms with Gasteiger partial charge in [0.05, 0.1) is 0 Å². The molecular weight excluding hydrogens is 292 g/mol. The minimum atomic E-state index is -0.0885. The molecule has 3 rings (SSSR count). The molecule has 128 valence electrons. The van der Waals surface area contributed by atoms with E-state index >= 15 is 0 Å². The van der Waals surface area contributed by atoms with E-state index in [1.54, 1.807) is 0 Å². The van der Waals surface area contributed by atoms with Gasteiger partial charge < -0.3 is 10.6 Å². The molecule has 0 saturated carbocycles. The zero-order valence-corrected chi connectivity index (χ0v) is 14.7. The highest BCUT2D eigenvalue weighted by Gasteiger charge is 2.33. The van der Waals surface area contributed by atoms with Crippen molar-refractivity contribution in [1.29, 1.82) is 0 Å². The van der Waals surface area contributed by atoms with E-state index in [9.17, 15) is 0 Å². The first-order valence-electron chi connectivity index (χ1n) is 9.39. The lowest BCUT2D eigenvalue weighted by Crippen LogP contribution is -2.40. The Kier molecular flexibility index (Phi) is 6.06. The second-order valence-corrected chi connectivity index (χ2v) is 7.02. The second-order valence-electron chi connectivity index (χ2n) is 7.02. The molecule has 1 aliphatic rings. The highest BCUT2D eigenvalue weighted by atomic mass is 15.1. The van der Waals surface area contributed by atoms with Crippen LogP contribution in [0.15, 0.2) is 60.7 Å². The van der Waals surface area contributed by atoms with E-state index in [2.05, 4.69) is 65.6 Å². The van der Waals surface area contributed by atoms with Crippen LogP contribution in [0.1, 0.15) is 43.2 Å². The van der Waals surface area contributed by atoms with Gasteiger partial charge in [-0.2, -0.15) is 0 Å². The molecule has 2 aromatic rings. The lowest BCUT2D eigenvalue weighted by atomic mass is 9.72. The molecule has 0 atom stereocenters. The average molecular weight is 322 g/mol. The van der Waals surface area contributed by atoms with Gasteiger partial charge in [-0.1, -0.05) is 73.5 Å². The van der Waals surface area contributed by atoms with Crippen molar-refractivity contribution in [2.45, 2.75) is 37.5 Å². The Labute approximate surface area is 146 Å². The van der Waals surface area contributed by atoms with Gasteiger partial charge in [-0.15, -0.1) is 0 Å². The van der Waals surface area contributed by atoms with E-state index < -0.39 is 0 Å². The van der Waals surface area contributed by atoms with Crippen LogP contribution in [0.3, 0.4) is 0 Å². The number of benzene rings is 2. The summed E-state index contributed by atoms with van der Waals surface area (Å²) in [6.07, 6.45) is 6.53. The molecular formula is C22H30N2. The van der Waals surface area contributed by atoms with Crippen molar-refractivity contribution >= 4 is 0 Å². The molecule has 0 unspecified atom stereocenters. The first kappa shape index (κ1) is 17.2. The summed E-state index contributed by atoms with van der Waals surface area (Å²) in [4.78, 5) is 2.64. The minimum absolute atomic E-state index is 0.0885. The van der Waals surface area contributed by atoms with Gasteiger partial charge in [0.1, 0.15) is 0 Å². The van der Waals surface area contributed by atoms with Gasteiger partial charge in [-0.05, 0) is 50.0 Å². The van der Waals surface area contributed by atoms with Gasteiger partial charge in [0.25, 0.3) is 0 Å². The molecule has 1 aliphatic heterocycles. The van der Waals surface area contributed by atoms with Crippen LogP contribution >= 0.6 is 0 Å². The molecule has 0 bridgehead atoms.